The molecule has 3 heterocycles. The molecule has 2 nitrogen and oxygen atoms in total. The fourth-order valence-electron chi connectivity index (χ4n) is 5.48. The third-order valence-corrected chi connectivity index (χ3v) is 13.0. The van der Waals surface area contributed by atoms with Gasteiger partial charge in [0.15, 0.2) is 0 Å². The largest absolute Gasteiger partial charge is 0 e. The van der Waals surface area contributed by atoms with Crippen LogP contribution in [0.4, 0.5) is 4.39 Å². The number of aryl methyl sites for hydroxylation is 1. The van der Waals surface area contributed by atoms with Crippen LogP contribution in [0.1, 0.15) is 62.7 Å². The van der Waals surface area contributed by atoms with Gasteiger partial charge in [-0.1, -0.05) is 56.0 Å². The number of fused-ring (bicyclic) bond motifs is 3. The first kappa shape index (κ1) is 30.6. The van der Waals surface area contributed by atoms with Crippen molar-refractivity contribution in [1.29, 1.82) is 0 Å². The minimum atomic E-state index is -2.37. The van der Waals surface area contributed by atoms with E-state index in [1.54, 1.807) is 26.1 Å². The number of hydrogen-bond donors (Lipinski definition) is 0. The second kappa shape index (κ2) is 14.6. The number of pyridine rings is 2. The van der Waals surface area contributed by atoms with Crippen LogP contribution in [0, 0.1) is 30.2 Å². The van der Waals surface area contributed by atoms with Crippen molar-refractivity contribution in [1.82, 2.24) is 9.97 Å². The molecule has 0 bridgehead atoms. The monoisotopic (exact) mass is 873 g/mol. The van der Waals surface area contributed by atoms with E-state index in [1.807, 2.05) is 23.6 Å². The Morgan fingerprint density at radius 1 is 0.957 bits per heavy atom. The second-order valence-corrected chi connectivity index (χ2v) is 25.6. The van der Waals surface area contributed by atoms with Gasteiger partial charge in [-0.2, -0.15) is 11.3 Å². The molecular weight excluding hydrogens is 824 g/mol. The molecule has 0 saturated heterocycles. The first-order valence-corrected chi connectivity index (χ1v) is 23.4. The van der Waals surface area contributed by atoms with Gasteiger partial charge in [0.1, 0.15) is 0 Å². The maximum atomic E-state index is 14.5. The summed E-state index contributed by atoms with van der Waals surface area (Å²) < 4.78 is 48.7. The van der Waals surface area contributed by atoms with Crippen LogP contribution in [0.25, 0.3) is 42.7 Å². The fourth-order valence-corrected chi connectivity index (χ4v) is 10.0. The normalized spacial score (nSPS) is 13.6. The van der Waals surface area contributed by atoms with Crippen LogP contribution in [-0.2, 0) is 26.5 Å². The average Bonchev–Trinajstić information content (AvgIpc) is 3.38. The van der Waals surface area contributed by atoms with Crippen molar-refractivity contribution in [3.05, 3.63) is 114 Å². The van der Waals surface area contributed by atoms with Gasteiger partial charge in [0.05, 0.1) is 0 Å². The second-order valence-electron chi connectivity index (χ2n) is 14.0. The standard InChI is InChI=1S/C22H20NS.C18H23FGeN.Ir/c1-22(2,3)14-15-11-12-23-19(13-15)18-9-6-8-17-16-7-4-5-10-20(16)24-21(17)18;1-12(2)15-10-18(21-11-17(15)20(4,5)6)14-8-7-13(3)9-16(14)19;/h4-8,10-13H,14H2,1-3H3;7,9-12H,1-6H3;/q2*-1;/i;3D3,12D;. The number of halogens is 1. The van der Waals surface area contributed by atoms with Crippen molar-refractivity contribution in [2.75, 3.05) is 0 Å². The molecule has 0 amide bonds. The van der Waals surface area contributed by atoms with Gasteiger partial charge >= 0.3 is 135 Å². The summed E-state index contributed by atoms with van der Waals surface area (Å²) in [5, 5.41) is 2.62. The summed E-state index contributed by atoms with van der Waals surface area (Å²) >= 11 is -0.420. The van der Waals surface area contributed by atoms with E-state index in [9.17, 15) is 4.39 Å². The number of benzene rings is 3. The first-order valence-electron chi connectivity index (χ1n) is 17.2. The molecule has 0 spiro atoms. The Morgan fingerprint density at radius 2 is 1.70 bits per heavy atom. The zero-order chi connectivity index (χ0) is 35.9. The molecule has 6 heteroatoms. The molecule has 0 atom stereocenters. The van der Waals surface area contributed by atoms with Gasteiger partial charge in [-0.3, -0.25) is 0 Å². The molecule has 0 unspecified atom stereocenters. The van der Waals surface area contributed by atoms with Crippen LogP contribution in [-0.4, -0.2) is 23.2 Å². The third-order valence-electron chi connectivity index (χ3n) is 7.55. The number of thiophene rings is 1. The Morgan fingerprint density at radius 3 is 2.37 bits per heavy atom. The summed E-state index contributed by atoms with van der Waals surface area (Å²) in [5.74, 6) is 5.18. The molecule has 0 fully saturated rings. The van der Waals surface area contributed by atoms with E-state index in [4.69, 9.17) is 5.48 Å². The number of rotatable bonds is 5. The minimum Gasteiger partial charge on any atom is 0 e. The van der Waals surface area contributed by atoms with E-state index in [0.717, 1.165) is 33.7 Å². The summed E-state index contributed by atoms with van der Waals surface area (Å²) in [5.41, 5.74) is 5.00. The Balaban J connectivity index is 0.000000220. The molecule has 0 N–H and O–H groups in total. The summed E-state index contributed by atoms with van der Waals surface area (Å²) in [7, 11) is 0. The molecular formula is C40H43FGeIrN2S-2. The van der Waals surface area contributed by atoms with Crippen LogP contribution < -0.4 is 4.40 Å². The average molecular weight is 872 g/mol. The number of nitrogens with zero attached hydrogens (tertiary/aromatic N) is 2. The zero-order valence-corrected chi connectivity index (χ0v) is 33.0. The molecule has 3 aromatic carbocycles. The van der Waals surface area contributed by atoms with Crippen molar-refractivity contribution in [3.8, 4) is 22.5 Å². The van der Waals surface area contributed by atoms with Gasteiger partial charge < -0.3 is 4.98 Å². The van der Waals surface area contributed by atoms with Crippen LogP contribution >= 0.6 is 11.3 Å². The Kier molecular flexibility index (Phi) is 9.72. The van der Waals surface area contributed by atoms with Crippen LogP contribution in [0.2, 0.25) is 17.3 Å². The molecule has 0 aliphatic carbocycles. The molecule has 0 aliphatic rings. The summed E-state index contributed by atoms with van der Waals surface area (Å²) in [4.78, 5) is 9.03. The molecule has 46 heavy (non-hydrogen) atoms. The van der Waals surface area contributed by atoms with Crippen molar-refractivity contribution in [2.45, 2.75) is 71.1 Å². The predicted octanol–water partition coefficient (Wildman–Crippen LogP) is 11.2. The van der Waals surface area contributed by atoms with Gasteiger partial charge in [-0.25, -0.2) is 0 Å². The number of aromatic nitrogens is 2. The maximum Gasteiger partial charge on any atom is 0 e. The van der Waals surface area contributed by atoms with Crippen LogP contribution in [0.5, 0.6) is 0 Å². The Hall–Kier alpha value is -2.70. The van der Waals surface area contributed by atoms with Crippen LogP contribution in [0.3, 0.4) is 0 Å². The quantitative estimate of drug-likeness (QED) is 0.127. The van der Waals surface area contributed by atoms with Gasteiger partial charge in [-0.15, -0.1) is 23.8 Å². The maximum absolute atomic E-state index is 14.5. The van der Waals surface area contributed by atoms with Crippen molar-refractivity contribution >= 4 is 49.2 Å². The molecule has 241 valence electrons. The summed E-state index contributed by atoms with van der Waals surface area (Å²) in [6.07, 6.45) is 4.73. The fraction of sp³-hybridized carbons (Fsp3) is 0.300. The topological polar surface area (TPSA) is 25.8 Å². The van der Waals surface area contributed by atoms with E-state index < -0.39 is 31.8 Å². The Bertz CT molecular complexity index is 2130. The Labute approximate surface area is 300 Å². The van der Waals surface area contributed by atoms with Crippen molar-refractivity contribution in [3.63, 3.8) is 0 Å². The van der Waals surface area contributed by atoms with Crippen molar-refractivity contribution < 1.29 is 30.0 Å². The molecule has 0 saturated carbocycles. The molecule has 1 radical (unpaired) electrons. The SMILES string of the molecule is CC(C)(C)Cc1ccnc(-c2[c-]ccc3c2sc2ccccc23)c1.[2H]C([2H])([2H])c1c[c-]c(-c2cc(C([2H])(C)C)[c]([Ge]([CH3])([CH3])[CH3])cn2)c(F)c1.[Ir]. The van der Waals surface area contributed by atoms with Gasteiger partial charge in [0, 0.05) is 31.0 Å². The predicted molar refractivity (Wildman–Crippen MR) is 195 cm³/mol. The summed E-state index contributed by atoms with van der Waals surface area (Å²) in [6, 6.07) is 27.3. The molecule has 0 aliphatic heterocycles. The summed E-state index contributed by atoms with van der Waals surface area (Å²) in [6.45, 7) is 8.05. The van der Waals surface area contributed by atoms with Gasteiger partial charge in [-0.05, 0) is 39.7 Å². The van der Waals surface area contributed by atoms with Crippen LogP contribution in [0.15, 0.2) is 79.1 Å². The van der Waals surface area contributed by atoms with Crippen molar-refractivity contribution in [2.24, 2.45) is 5.41 Å². The third kappa shape index (κ3) is 8.41. The molecule has 3 aromatic heterocycles. The zero-order valence-electron chi connectivity index (χ0n) is 31.7. The molecule has 6 aromatic rings. The van der Waals surface area contributed by atoms with Gasteiger partial charge in [0.25, 0.3) is 0 Å². The molecule has 6 rings (SSSR count). The van der Waals surface area contributed by atoms with E-state index >= 15 is 0 Å². The van der Waals surface area contributed by atoms with Gasteiger partial charge in [0.2, 0.25) is 0 Å². The number of hydrogen-bond acceptors (Lipinski definition) is 3. The van der Waals surface area contributed by atoms with E-state index in [0.29, 0.717) is 5.69 Å². The first-order chi connectivity index (χ1) is 22.7. The van der Waals surface area contributed by atoms with E-state index in [2.05, 4.69) is 103 Å². The van der Waals surface area contributed by atoms with E-state index in [-0.39, 0.29) is 36.6 Å². The smallest absolute Gasteiger partial charge is 0 e. The minimum absolute atomic E-state index is 0. The van der Waals surface area contributed by atoms with E-state index in [1.165, 1.54) is 31.8 Å².